The van der Waals surface area contributed by atoms with Gasteiger partial charge in [-0.15, -0.1) is 0 Å². The Morgan fingerprint density at radius 2 is 0.635 bits per heavy atom. The van der Waals surface area contributed by atoms with E-state index in [9.17, 15) is 0 Å². The molecule has 9 aromatic carbocycles. The lowest BCUT2D eigenvalue weighted by Gasteiger charge is -2.12. The maximum atomic E-state index is 2.45. The molecule has 0 unspecified atom stereocenters. The van der Waals surface area contributed by atoms with Gasteiger partial charge in [0.2, 0.25) is 0 Å². The van der Waals surface area contributed by atoms with Crippen molar-refractivity contribution in [3.8, 4) is 33.6 Å². The van der Waals surface area contributed by atoms with Crippen LogP contribution in [0.15, 0.2) is 194 Å². The van der Waals surface area contributed by atoms with Crippen molar-refractivity contribution in [1.29, 1.82) is 0 Å². The molecule has 0 spiro atoms. The largest absolute Gasteiger partial charge is 0.309 e. The lowest BCUT2D eigenvalue weighted by atomic mass is 10.0. The first kappa shape index (κ1) is 28.9. The number of para-hydroxylation sites is 2. The maximum absolute atomic E-state index is 2.45. The third-order valence-corrected chi connectivity index (χ3v) is 10.8. The third-order valence-electron chi connectivity index (χ3n) is 10.8. The zero-order valence-electron chi connectivity index (χ0n) is 28.4. The van der Waals surface area contributed by atoms with Gasteiger partial charge in [-0.25, -0.2) is 0 Å². The molecule has 2 heteroatoms. The maximum Gasteiger partial charge on any atom is 0.0548 e. The molecule has 0 saturated carbocycles. The minimum atomic E-state index is 1.16. The fourth-order valence-electron chi connectivity index (χ4n) is 8.35. The summed E-state index contributed by atoms with van der Waals surface area (Å²) in [6, 6.07) is 71.1. The predicted octanol–water partition coefficient (Wildman–Crippen LogP) is 13.5. The van der Waals surface area contributed by atoms with Gasteiger partial charge in [-0.05, 0) is 104 Å². The van der Waals surface area contributed by atoms with Gasteiger partial charge < -0.3 is 9.13 Å². The van der Waals surface area contributed by atoms with Gasteiger partial charge >= 0.3 is 0 Å². The van der Waals surface area contributed by atoms with E-state index in [1.807, 2.05) is 0 Å². The van der Waals surface area contributed by atoms with E-state index in [-0.39, 0.29) is 0 Å². The summed E-state index contributed by atoms with van der Waals surface area (Å²) in [6.07, 6.45) is 0. The molecule has 0 aliphatic carbocycles. The van der Waals surface area contributed by atoms with Crippen LogP contribution in [0, 0.1) is 0 Å². The van der Waals surface area contributed by atoms with E-state index < -0.39 is 0 Å². The fraction of sp³-hybridized carbons (Fsp3) is 0. The molecule has 2 aromatic heterocycles. The summed E-state index contributed by atoms with van der Waals surface area (Å²) in [7, 11) is 0. The Labute approximate surface area is 301 Å². The van der Waals surface area contributed by atoms with Crippen molar-refractivity contribution in [3.63, 3.8) is 0 Å². The normalized spacial score (nSPS) is 11.8. The van der Waals surface area contributed by atoms with Crippen molar-refractivity contribution < 1.29 is 0 Å². The van der Waals surface area contributed by atoms with Gasteiger partial charge in [-0.1, -0.05) is 133 Å². The lowest BCUT2D eigenvalue weighted by molar-refractivity contribution is 1.18. The Hall–Kier alpha value is -6.90. The van der Waals surface area contributed by atoms with Crippen molar-refractivity contribution in [2.75, 3.05) is 0 Å². The zero-order chi connectivity index (χ0) is 34.2. The van der Waals surface area contributed by atoms with Crippen molar-refractivity contribution >= 4 is 65.2 Å². The Kier molecular flexibility index (Phi) is 6.28. The summed E-state index contributed by atoms with van der Waals surface area (Å²) in [5, 5.41) is 9.93. The summed E-state index contributed by atoms with van der Waals surface area (Å²) < 4.78 is 4.90. The number of nitrogens with zero attached hydrogens (tertiary/aromatic N) is 2. The van der Waals surface area contributed by atoms with Crippen LogP contribution in [0.1, 0.15) is 0 Å². The monoisotopic (exact) mass is 660 g/mol. The Morgan fingerprint density at radius 1 is 0.231 bits per heavy atom. The molecule has 2 heterocycles. The van der Waals surface area contributed by atoms with Gasteiger partial charge in [0.1, 0.15) is 0 Å². The fourth-order valence-corrected chi connectivity index (χ4v) is 8.35. The minimum Gasteiger partial charge on any atom is -0.309 e. The molecule has 0 atom stereocenters. The minimum absolute atomic E-state index is 1.16. The molecule has 242 valence electrons. The van der Waals surface area contributed by atoms with Crippen LogP contribution in [-0.4, -0.2) is 9.13 Å². The lowest BCUT2D eigenvalue weighted by Crippen LogP contribution is -1.95. The smallest absolute Gasteiger partial charge is 0.0548 e. The number of hydrogen-bond acceptors (Lipinski definition) is 0. The highest BCUT2D eigenvalue weighted by molar-refractivity contribution is 6.19. The molecule has 11 rings (SSSR count). The van der Waals surface area contributed by atoms with E-state index >= 15 is 0 Å². The van der Waals surface area contributed by atoms with Gasteiger partial charge in [0, 0.05) is 32.9 Å². The van der Waals surface area contributed by atoms with Gasteiger partial charge in [0.05, 0.1) is 22.1 Å². The molecule has 0 bridgehead atoms. The highest BCUT2D eigenvalue weighted by Gasteiger charge is 2.19. The Morgan fingerprint density at radius 3 is 1.10 bits per heavy atom. The molecular weight excluding hydrogens is 629 g/mol. The van der Waals surface area contributed by atoms with Crippen molar-refractivity contribution in [3.05, 3.63) is 194 Å². The van der Waals surface area contributed by atoms with Crippen LogP contribution in [0.2, 0.25) is 0 Å². The second-order valence-corrected chi connectivity index (χ2v) is 13.8. The number of aromatic nitrogens is 2. The number of fused-ring (bicyclic) bond motifs is 8. The summed E-state index contributed by atoms with van der Waals surface area (Å²) in [5.74, 6) is 0. The Bertz CT molecular complexity index is 2950. The van der Waals surface area contributed by atoms with Crippen molar-refractivity contribution in [2.45, 2.75) is 0 Å². The molecule has 11 aromatic rings. The number of hydrogen-bond donors (Lipinski definition) is 0. The quantitative estimate of drug-likeness (QED) is 0.178. The molecule has 0 amide bonds. The topological polar surface area (TPSA) is 9.86 Å². The second kappa shape index (κ2) is 11.3. The second-order valence-electron chi connectivity index (χ2n) is 13.8. The van der Waals surface area contributed by atoms with E-state index in [0.29, 0.717) is 0 Å². The average Bonchev–Trinajstić information content (AvgIpc) is 3.72. The van der Waals surface area contributed by atoms with Crippen LogP contribution in [0.3, 0.4) is 0 Å². The van der Waals surface area contributed by atoms with Crippen LogP contribution < -0.4 is 0 Å². The van der Waals surface area contributed by atoms with Crippen LogP contribution in [-0.2, 0) is 0 Å². The first-order valence-electron chi connectivity index (χ1n) is 17.9. The summed E-state index contributed by atoms with van der Waals surface area (Å²) in [6.45, 7) is 0. The molecule has 52 heavy (non-hydrogen) atoms. The molecular formula is C50H32N2. The van der Waals surface area contributed by atoms with Crippen LogP contribution >= 0.6 is 0 Å². The molecule has 0 fully saturated rings. The first-order valence-corrected chi connectivity index (χ1v) is 17.9. The van der Waals surface area contributed by atoms with Gasteiger partial charge in [-0.3, -0.25) is 0 Å². The van der Waals surface area contributed by atoms with Gasteiger partial charge in [-0.2, -0.15) is 0 Å². The average molecular weight is 661 g/mol. The van der Waals surface area contributed by atoms with Gasteiger partial charge in [0.25, 0.3) is 0 Å². The molecule has 0 radical (unpaired) electrons. The molecule has 2 nitrogen and oxygen atoms in total. The van der Waals surface area contributed by atoms with E-state index in [4.69, 9.17) is 0 Å². The van der Waals surface area contributed by atoms with Gasteiger partial charge in [0.15, 0.2) is 0 Å². The standard InChI is InChI=1S/C50H32N2/c1-3-11-33(12-4-1)37-21-19-35-23-25-41(29-39(35)27-37)51-47-17-9-7-15-43(47)45-32-50-46(31-49(45)51)44-16-8-10-18-48(44)52(50)42-26-24-36-20-22-38(28-40(36)30-42)34-13-5-2-6-14-34/h1-32H. The number of benzene rings is 9. The highest BCUT2D eigenvalue weighted by Crippen LogP contribution is 2.40. The van der Waals surface area contributed by atoms with Crippen LogP contribution in [0.4, 0.5) is 0 Å². The molecule has 0 N–H and O–H groups in total. The van der Waals surface area contributed by atoms with Crippen molar-refractivity contribution in [1.82, 2.24) is 9.13 Å². The van der Waals surface area contributed by atoms with Crippen molar-refractivity contribution in [2.24, 2.45) is 0 Å². The highest BCUT2D eigenvalue weighted by atomic mass is 15.0. The van der Waals surface area contributed by atoms with E-state index in [2.05, 4.69) is 203 Å². The third kappa shape index (κ3) is 4.44. The molecule has 0 saturated heterocycles. The SMILES string of the molecule is c1ccc(-c2ccc3ccc(-n4c5ccccc5c5cc6c(cc54)c4ccccc4n6-c4ccc5ccc(-c6ccccc6)cc5c4)cc3c2)cc1. The summed E-state index contributed by atoms with van der Waals surface area (Å²) >= 11 is 0. The summed E-state index contributed by atoms with van der Waals surface area (Å²) in [4.78, 5) is 0. The molecule has 0 aliphatic heterocycles. The predicted molar refractivity (Wildman–Crippen MR) is 221 cm³/mol. The molecule has 0 aliphatic rings. The number of rotatable bonds is 4. The summed E-state index contributed by atoms with van der Waals surface area (Å²) in [5.41, 5.74) is 12.1. The van der Waals surface area contributed by atoms with Crippen LogP contribution in [0.5, 0.6) is 0 Å². The van der Waals surface area contributed by atoms with E-state index in [1.54, 1.807) is 0 Å². The van der Waals surface area contributed by atoms with E-state index in [0.717, 1.165) is 11.4 Å². The first-order chi connectivity index (χ1) is 25.8. The Balaban J connectivity index is 1.15. The van der Waals surface area contributed by atoms with E-state index in [1.165, 1.54) is 87.4 Å². The zero-order valence-corrected chi connectivity index (χ0v) is 28.4. The van der Waals surface area contributed by atoms with Crippen LogP contribution in [0.25, 0.3) is 98.8 Å².